The van der Waals surface area contributed by atoms with Crippen LogP contribution in [-0.4, -0.2) is 36.5 Å². The van der Waals surface area contributed by atoms with E-state index in [2.05, 4.69) is 5.32 Å². The van der Waals surface area contributed by atoms with Crippen molar-refractivity contribution in [3.05, 3.63) is 65.2 Å². The fourth-order valence-electron chi connectivity index (χ4n) is 3.07. The number of halogens is 2. The molecule has 2 aromatic carbocycles. The van der Waals surface area contributed by atoms with Gasteiger partial charge in [0.15, 0.2) is 11.6 Å². The third kappa shape index (κ3) is 3.88. The van der Waals surface area contributed by atoms with Crippen LogP contribution in [0.5, 0.6) is 0 Å². The minimum absolute atomic E-state index is 0.0763. The molecule has 1 aliphatic heterocycles. The van der Waals surface area contributed by atoms with E-state index in [4.69, 9.17) is 4.74 Å². The normalized spacial score (nSPS) is 16.7. The number of nitrogens with zero attached hydrogens (tertiary/aromatic N) is 1. The Morgan fingerprint density at radius 2 is 1.88 bits per heavy atom. The number of rotatable bonds is 4. The first-order valence-electron chi connectivity index (χ1n) is 8.11. The molecule has 1 aliphatic rings. The highest BCUT2D eigenvalue weighted by molar-refractivity contribution is 5.92. The second-order valence-electron chi connectivity index (χ2n) is 6.09. The summed E-state index contributed by atoms with van der Waals surface area (Å²) >= 11 is 0. The van der Waals surface area contributed by atoms with Gasteiger partial charge < -0.3 is 10.1 Å². The molecule has 0 saturated heterocycles. The molecule has 0 bridgehead atoms. The van der Waals surface area contributed by atoms with Crippen molar-refractivity contribution >= 4 is 17.6 Å². The fraction of sp³-hybridized carbons (Fsp3) is 0.263. The molecule has 1 amide bonds. The summed E-state index contributed by atoms with van der Waals surface area (Å²) in [6.45, 7) is 0.342. The first kappa shape index (κ1) is 18.0. The minimum Gasteiger partial charge on any atom is -0.468 e. The number of ether oxygens (including phenoxy) is 1. The zero-order valence-corrected chi connectivity index (χ0v) is 14.2. The summed E-state index contributed by atoms with van der Waals surface area (Å²) in [5.41, 5.74) is 2.23. The Labute approximate surface area is 149 Å². The highest BCUT2D eigenvalue weighted by Gasteiger charge is 2.33. The van der Waals surface area contributed by atoms with Gasteiger partial charge in [-0.3, -0.25) is 14.5 Å². The molecule has 0 aliphatic carbocycles. The van der Waals surface area contributed by atoms with Crippen LogP contribution in [0.25, 0.3) is 0 Å². The molecule has 0 unspecified atom stereocenters. The quantitative estimate of drug-likeness (QED) is 0.852. The number of hydrogen-bond donors (Lipinski definition) is 1. The van der Waals surface area contributed by atoms with Gasteiger partial charge in [0.2, 0.25) is 5.91 Å². The highest BCUT2D eigenvalue weighted by Crippen LogP contribution is 2.24. The number of nitrogens with one attached hydrogen (secondary N) is 1. The predicted molar refractivity (Wildman–Crippen MR) is 91.3 cm³/mol. The van der Waals surface area contributed by atoms with Crippen LogP contribution in [0.15, 0.2) is 42.5 Å². The lowest BCUT2D eigenvalue weighted by Gasteiger charge is -2.34. The van der Waals surface area contributed by atoms with Crippen LogP contribution in [0.2, 0.25) is 0 Å². The molecule has 0 radical (unpaired) electrons. The molecule has 5 nitrogen and oxygen atoms in total. The van der Waals surface area contributed by atoms with Crippen molar-refractivity contribution in [3.8, 4) is 0 Å². The first-order chi connectivity index (χ1) is 12.5. The summed E-state index contributed by atoms with van der Waals surface area (Å²) in [5, 5.41) is 2.52. The number of benzene rings is 2. The van der Waals surface area contributed by atoms with E-state index < -0.39 is 29.6 Å². The molecular formula is C19H18F2N2O3. The SMILES string of the molecule is COC(=O)[C@@H]1Cc2ccccc2CN1CC(=O)Nc1ccc(F)c(F)c1. The monoisotopic (exact) mass is 360 g/mol. The maximum absolute atomic E-state index is 13.3. The number of fused-ring (bicyclic) bond motifs is 1. The van der Waals surface area contributed by atoms with Gasteiger partial charge in [-0.05, 0) is 29.7 Å². The molecule has 136 valence electrons. The van der Waals surface area contributed by atoms with Gasteiger partial charge in [-0.15, -0.1) is 0 Å². The van der Waals surface area contributed by atoms with Gasteiger partial charge in [0.1, 0.15) is 6.04 Å². The maximum atomic E-state index is 13.3. The fourth-order valence-corrected chi connectivity index (χ4v) is 3.07. The zero-order valence-electron chi connectivity index (χ0n) is 14.2. The van der Waals surface area contributed by atoms with E-state index in [1.54, 1.807) is 4.90 Å². The summed E-state index contributed by atoms with van der Waals surface area (Å²) in [6, 6.07) is 10.3. The molecule has 1 atom stereocenters. The van der Waals surface area contributed by atoms with Crippen molar-refractivity contribution in [2.24, 2.45) is 0 Å². The lowest BCUT2D eigenvalue weighted by atomic mass is 9.94. The van der Waals surface area contributed by atoms with E-state index in [1.165, 1.54) is 13.2 Å². The summed E-state index contributed by atoms with van der Waals surface area (Å²) in [6.07, 6.45) is 0.446. The van der Waals surface area contributed by atoms with Gasteiger partial charge >= 0.3 is 5.97 Å². The second-order valence-corrected chi connectivity index (χ2v) is 6.09. The molecular weight excluding hydrogens is 342 g/mol. The Balaban J connectivity index is 1.74. The third-order valence-corrected chi connectivity index (χ3v) is 4.37. The summed E-state index contributed by atoms with van der Waals surface area (Å²) < 4.78 is 31.1. The van der Waals surface area contributed by atoms with Crippen molar-refractivity contribution in [1.82, 2.24) is 4.90 Å². The van der Waals surface area contributed by atoms with Crippen LogP contribution in [0, 0.1) is 11.6 Å². The Bertz CT molecular complexity index is 841. The topological polar surface area (TPSA) is 58.6 Å². The second kappa shape index (κ2) is 7.61. The number of amides is 1. The average molecular weight is 360 g/mol. The molecule has 0 saturated carbocycles. The van der Waals surface area contributed by atoms with Crippen molar-refractivity contribution < 1.29 is 23.1 Å². The van der Waals surface area contributed by atoms with Gasteiger partial charge in [-0.1, -0.05) is 24.3 Å². The van der Waals surface area contributed by atoms with Gasteiger partial charge in [0, 0.05) is 18.3 Å². The molecule has 26 heavy (non-hydrogen) atoms. The molecule has 0 aromatic heterocycles. The van der Waals surface area contributed by atoms with Crippen LogP contribution in [0.3, 0.4) is 0 Å². The maximum Gasteiger partial charge on any atom is 0.323 e. The van der Waals surface area contributed by atoms with Gasteiger partial charge in [0.05, 0.1) is 13.7 Å². The summed E-state index contributed by atoms with van der Waals surface area (Å²) in [7, 11) is 1.31. The van der Waals surface area contributed by atoms with Crippen LogP contribution in [0.4, 0.5) is 14.5 Å². The number of anilines is 1. The van der Waals surface area contributed by atoms with E-state index in [0.717, 1.165) is 23.3 Å². The van der Waals surface area contributed by atoms with Crippen LogP contribution < -0.4 is 5.32 Å². The van der Waals surface area contributed by atoms with Crippen molar-refractivity contribution in [2.75, 3.05) is 19.0 Å². The van der Waals surface area contributed by atoms with E-state index in [0.29, 0.717) is 13.0 Å². The van der Waals surface area contributed by atoms with E-state index in [9.17, 15) is 18.4 Å². The van der Waals surface area contributed by atoms with Crippen LogP contribution >= 0.6 is 0 Å². The lowest BCUT2D eigenvalue weighted by molar-refractivity contribution is -0.148. The standard InChI is InChI=1S/C19H18F2N2O3/c1-26-19(25)17-8-12-4-2-3-5-13(12)10-23(17)11-18(24)22-14-6-7-15(20)16(21)9-14/h2-7,9,17H,8,10-11H2,1H3,(H,22,24)/t17-/m0/s1. The molecule has 0 spiro atoms. The lowest BCUT2D eigenvalue weighted by Crippen LogP contribution is -2.49. The van der Waals surface area contributed by atoms with Crippen LogP contribution in [-0.2, 0) is 27.3 Å². The molecule has 7 heteroatoms. The number of esters is 1. The van der Waals surface area contributed by atoms with E-state index in [1.807, 2.05) is 24.3 Å². The number of carbonyl (C=O) groups excluding carboxylic acids is 2. The largest absolute Gasteiger partial charge is 0.468 e. The van der Waals surface area contributed by atoms with Gasteiger partial charge in [-0.2, -0.15) is 0 Å². The summed E-state index contributed by atoms with van der Waals surface area (Å²) in [5.74, 6) is -2.87. The van der Waals surface area contributed by atoms with E-state index >= 15 is 0 Å². The zero-order chi connectivity index (χ0) is 18.7. The number of carbonyl (C=O) groups is 2. The Morgan fingerprint density at radius 1 is 1.15 bits per heavy atom. The van der Waals surface area contributed by atoms with Crippen molar-refractivity contribution in [1.29, 1.82) is 0 Å². The molecule has 2 aromatic rings. The molecule has 3 rings (SSSR count). The number of methoxy groups -OCH3 is 1. The Kier molecular flexibility index (Phi) is 5.27. The summed E-state index contributed by atoms with van der Waals surface area (Å²) in [4.78, 5) is 26.2. The minimum atomic E-state index is -1.04. The van der Waals surface area contributed by atoms with Crippen molar-refractivity contribution in [3.63, 3.8) is 0 Å². The van der Waals surface area contributed by atoms with Gasteiger partial charge in [0.25, 0.3) is 0 Å². The average Bonchev–Trinajstić information content (AvgIpc) is 2.63. The predicted octanol–water partition coefficient (Wildman–Crippen LogP) is 2.50. The number of hydrogen-bond acceptors (Lipinski definition) is 4. The van der Waals surface area contributed by atoms with E-state index in [-0.39, 0.29) is 12.2 Å². The van der Waals surface area contributed by atoms with Crippen LogP contribution in [0.1, 0.15) is 11.1 Å². The Hall–Kier alpha value is -2.80. The van der Waals surface area contributed by atoms with Gasteiger partial charge in [-0.25, -0.2) is 8.78 Å². The molecule has 1 heterocycles. The Morgan fingerprint density at radius 3 is 2.58 bits per heavy atom. The van der Waals surface area contributed by atoms with Crippen molar-refractivity contribution in [2.45, 2.75) is 19.0 Å². The highest BCUT2D eigenvalue weighted by atomic mass is 19.2. The first-order valence-corrected chi connectivity index (χ1v) is 8.11. The molecule has 1 N–H and O–H groups in total. The third-order valence-electron chi connectivity index (χ3n) is 4.37. The smallest absolute Gasteiger partial charge is 0.323 e. The molecule has 0 fully saturated rings.